The third-order valence-electron chi connectivity index (χ3n) is 8.47. The van der Waals surface area contributed by atoms with E-state index in [1.165, 1.54) is 12.1 Å². The molecule has 47 heavy (non-hydrogen) atoms. The van der Waals surface area contributed by atoms with E-state index in [9.17, 15) is 14.3 Å². The predicted octanol–water partition coefficient (Wildman–Crippen LogP) is 8.47. The molecule has 1 aliphatic rings. The maximum absolute atomic E-state index is 13.7. The highest BCUT2D eigenvalue weighted by molar-refractivity contribution is 6.35. The van der Waals surface area contributed by atoms with Crippen molar-refractivity contribution in [3.05, 3.63) is 82.0 Å². The first-order valence-electron chi connectivity index (χ1n) is 16.1. The number of halogens is 2. The largest absolute Gasteiger partial charge is 0.493 e. The number of hydrogen-bond donors (Lipinski definition) is 3. The summed E-state index contributed by atoms with van der Waals surface area (Å²) in [4.78, 5) is 15.1. The molecule has 0 unspecified atom stereocenters. The molecule has 3 heterocycles. The van der Waals surface area contributed by atoms with Crippen molar-refractivity contribution in [3.8, 4) is 16.9 Å². The molecule has 3 aromatic carbocycles. The van der Waals surface area contributed by atoms with E-state index in [4.69, 9.17) is 16.3 Å². The van der Waals surface area contributed by atoms with Crippen molar-refractivity contribution < 1.29 is 19.0 Å². The first-order chi connectivity index (χ1) is 22.2. The molecule has 1 aliphatic heterocycles. The zero-order valence-corrected chi connectivity index (χ0v) is 27.8. The average Bonchev–Trinajstić information content (AvgIpc) is 3.53. The van der Waals surface area contributed by atoms with Crippen molar-refractivity contribution in [2.45, 2.75) is 67.0 Å². The quantitative estimate of drug-likeness (QED) is 0.144. The summed E-state index contributed by atoms with van der Waals surface area (Å²) in [7, 11) is 2.08. The number of aromatic carboxylic acids is 1. The summed E-state index contributed by atoms with van der Waals surface area (Å²) in [6.07, 6.45) is 2.90. The van der Waals surface area contributed by atoms with Crippen molar-refractivity contribution in [1.29, 1.82) is 0 Å². The smallest absolute Gasteiger partial charge is 0.352 e. The molecule has 0 bridgehead atoms. The number of nitrogens with zero attached hydrogens (tertiary/aromatic N) is 3. The van der Waals surface area contributed by atoms with Crippen LogP contribution in [0.25, 0.3) is 32.8 Å². The number of aromatic amines is 1. The summed E-state index contributed by atoms with van der Waals surface area (Å²) < 4.78 is 21.8. The van der Waals surface area contributed by atoms with Crippen LogP contribution in [0.2, 0.25) is 5.02 Å². The van der Waals surface area contributed by atoms with E-state index >= 15 is 0 Å². The number of rotatable bonds is 8. The van der Waals surface area contributed by atoms with Gasteiger partial charge in [-0.05, 0) is 101 Å². The van der Waals surface area contributed by atoms with Crippen molar-refractivity contribution in [3.63, 3.8) is 0 Å². The lowest BCUT2D eigenvalue weighted by Gasteiger charge is -2.16. The topological polar surface area (TPSA) is 95.4 Å². The average molecular weight is 664 g/mol. The molecule has 0 aliphatic carbocycles. The number of carboxylic acids is 1. The molecule has 0 saturated carbocycles. The molecule has 10 heteroatoms. The van der Waals surface area contributed by atoms with Gasteiger partial charge in [0.25, 0.3) is 0 Å². The maximum Gasteiger partial charge on any atom is 0.352 e. The van der Waals surface area contributed by atoms with Crippen molar-refractivity contribution in [2.24, 2.45) is 0 Å². The number of aromatic nitrogens is 3. The van der Waals surface area contributed by atoms with E-state index in [0.717, 1.165) is 82.2 Å². The monoisotopic (exact) mass is 663 g/mol. The Bertz CT molecular complexity index is 1830. The van der Waals surface area contributed by atoms with Gasteiger partial charge in [0, 0.05) is 40.7 Å². The molecule has 6 rings (SSSR count). The van der Waals surface area contributed by atoms with Crippen LogP contribution in [0.5, 0.6) is 5.75 Å². The fourth-order valence-corrected chi connectivity index (χ4v) is 6.64. The molecule has 0 atom stereocenters. The molecular formula is C37H47ClFN5O3. The van der Waals surface area contributed by atoms with Gasteiger partial charge < -0.3 is 24.6 Å². The fraction of sp³-hybridized carbons (Fsp3) is 0.405. The van der Waals surface area contributed by atoms with Crippen LogP contribution in [-0.4, -0.2) is 64.0 Å². The molecule has 8 nitrogen and oxygen atoms in total. The van der Waals surface area contributed by atoms with Crippen LogP contribution in [0.1, 0.15) is 68.0 Å². The molecule has 3 N–H and O–H groups in total. The van der Waals surface area contributed by atoms with E-state index in [2.05, 4.69) is 41.3 Å². The normalized spacial score (nSPS) is 13.3. The SMILES string of the molecule is C.CCNCC.Cc1[nH]nc2c1-c1c(Cl)ccc3c(CCCOc4cccc5cc(F)ccc45)c(C(=O)O)n(c13)CCCCN(C)C2. The van der Waals surface area contributed by atoms with E-state index < -0.39 is 5.97 Å². The Kier molecular flexibility index (Phi) is 12.4. The van der Waals surface area contributed by atoms with Crippen LogP contribution >= 0.6 is 11.6 Å². The number of H-pyrrole nitrogens is 1. The lowest BCUT2D eigenvalue weighted by molar-refractivity contribution is 0.0684. The number of fused-ring (bicyclic) bond motifs is 3. The van der Waals surface area contributed by atoms with Gasteiger partial charge in [-0.1, -0.05) is 51.1 Å². The summed E-state index contributed by atoms with van der Waals surface area (Å²) in [6, 6.07) is 14.0. The fourth-order valence-electron chi connectivity index (χ4n) is 6.40. The van der Waals surface area contributed by atoms with E-state index in [1.54, 1.807) is 6.07 Å². The van der Waals surface area contributed by atoms with Crippen LogP contribution < -0.4 is 10.1 Å². The first-order valence-corrected chi connectivity index (χ1v) is 16.4. The minimum atomic E-state index is -0.952. The van der Waals surface area contributed by atoms with Crippen LogP contribution in [0.4, 0.5) is 4.39 Å². The second kappa shape index (κ2) is 16.3. The maximum atomic E-state index is 13.7. The number of benzene rings is 3. The van der Waals surface area contributed by atoms with Gasteiger partial charge in [-0.25, -0.2) is 9.18 Å². The van der Waals surface area contributed by atoms with E-state index in [0.29, 0.717) is 49.0 Å². The highest BCUT2D eigenvalue weighted by Crippen LogP contribution is 2.42. The molecule has 252 valence electrons. The van der Waals surface area contributed by atoms with Gasteiger partial charge in [0.1, 0.15) is 17.3 Å². The molecule has 0 radical (unpaired) electrons. The summed E-state index contributed by atoms with van der Waals surface area (Å²) in [5.41, 5.74) is 5.50. The van der Waals surface area contributed by atoms with E-state index in [1.807, 2.05) is 41.8 Å². The highest BCUT2D eigenvalue weighted by atomic mass is 35.5. The second-order valence-corrected chi connectivity index (χ2v) is 12.2. The highest BCUT2D eigenvalue weighted by Gasteiger charge is 2.28. The van der Waals surface area contributed by atoms with Gasteiger partial charge in [-0.15, -0.1) is 0 Å². The zero-order chi connectivity index (χ0) is 32.8. The molecule has 0 spiro atoms. The molecule has 5 aromatic rings. The van der Waals surface area contributed by atoms with Gasteiger partial charge in [-0.2, -0.15) is 5.10 Å². The predicted molar refractivity (Wildman–Crippen MR) is 190 cm³/mol. The van der Waals surface area contributed by atoms with Crippen molar-refractivity contribution in [2.75, 3.05) is 33.3 Å². The number of aryl methyl sites for hydroxylation is 3. The summed E-state index contributed by atoms with van der Waals surface area (Å²) in [5, 5.41) is 24.4. The van der Waals surface area contributed by atoms with Crippen LogP contribution in [0, 0.1) is 12.7 Å². The van der Waals surface area contributed by atoms with Gasteiger partial charge in [-0.3, -0.25) is 5.10 Å². The molecule has 0 fully saturated rings. The Balaban J connectivity index is 0.000000776. The molecule has 2 aromatic heterocycles. The molecule has 0 amide bonds. The Labute approximate surface area is 281 Å². The Morgan fingerprint density at radius 3 is 2.55 bits per heavy atom. The number of carbonyl (C=O) groups is 1. The molecule has 0 saturated heterocycles. The zero-order valence-electron chi connectivity index (χ0n) is 27.1. The number of ether oxygens (including phenoxy) is 1. The minimum Gasteiger partial charge on any atom is -0.493 e. The lowest BCUT2D eigenvalue weighted by atomic mass is 9.98. The van der Waals surface area contributed by atoms with Crippen molar-refractivity contribution in [1.82, 2.24) is 25.0 Å². The first kappa shape index (κ1) is 35.9. The Hall–Kier alpha value is -3.92. The van der Waals surface area contributed by atoms with Gasteiger partial charge in [0.15, 0.2) is 0 Å². The summed E-state index contributed by atoms with van der Waals surface area (Å²) in [6.45, 7) is 10.9. The Morgan fingerprint density at radius 1 is 1.09 bits per heavy atom. The lowest BCUT2D eigenvalue weighted by Crippen LogP contribution is -2.20. The Morgan fingerprint density at radius 2 is 1.83 bits per heavy atom. The van der Waals surface area contributed by atoms with Crippen LogP contribution in [0.15, 0.2) is 48.5 Å². The number of nitrogens with one attached hydrogen (secondary N) is 2. The summed E-state index contributed by atoms with van der Waals surface area (Å²) in [5.74, 6) is -0.561. The minimum absolute atomic E-state index is 0. The molecular weight excluding hydrogens is 617 g/mol. The second-order valence-electron chi connectivity index (χ2n) is 11.7. The van der Waals surface area contributed by atoms with Crippen molar-refractivity contribution >= 4 is 39.2 Å². The van der Waals surface area contributed by atoms with E-state index in [-0.39, 0.29) is 13.2 Å². The standard InChI is InChI=1S/C32H32ClFN4O3.C4H11N.CH4/c1-19-28-26(36-35-19)18-37(2)14-3-4-15-38-30-24(12-13-25(33)29(28)30)23(31(38)32(39)40)8-6-16-41-27-9-5-7-20-17-21(34)10-11-22(20)27;1-3-5-4-2;/h5,7,9-13,17H,3-4,6,8,14-16,18H2,1-2H3,(H,35,36)(H,39,40);5H,3-4H2,1-2H3;1H4. The van der Waals surface area contributed by atoms with Gasteiger partial charge in [0.2, 0.25) is 0 Å². The summed E-state index contributed by atoms with van der Waals surface area (Å²) >= 11 is 6.90. The van der Waals surface area contributed by atoms with Gasteiger partial charge >= 0.3 is 5.97 Å². The number of carboxylic acid groups (broad SMARTS) is 1. The van der Waals surface area contributed by atoms with Crippen LogP contribution in [-0.2, 0) is 19.5 Å². The van der Waals surface area contributed by atoms with Crippen LogP contribution in [0.3, 0.4) is 0 Å². The third-order valence-corrected chi connectivity index (χ3v) is 8.79. The van der Waals surface area contributed by atoms with Gasteiger partial charge in [0.05, 0.1) is 22.8 Å². The third kappa shape index (κ3) is 7.80. The number of hydrogen-bond acceptors (Lipinski definition) is 5.